The third kappa shape index (κ3) is 3.55. The molecular formula is C18H16F3NO3. The maximum absolute atomic E-state index is 12.6. The number of carbonyl (C=O) groups excluding carboxylic acids is 1. The number of ether oxygens (including phenoxy) is 2. The van der Waals surface area contributed by atoms with Gasteiger partial charge < -0.3 is 14.4 Å². The molecule has 1 amide bonds. The Hall–Kier alpha value is -2.70. The van der Waals surface area contributed by atoms with E-state index in [1.807, 2.05) is 6.07 Å². The highest BCUT2D eigenvalue weighted by Crippen LogP contribution is 2.35. The van der Waals surface area contributed by atoms with Crippen LogP contribution in [-0.2, 0) is 6.42 Å². The first-order valence-electron chi connectivity index (χ1n) is 7.61. The van der Waals surface area contributed by atoms with E-state index in [0.29, 0.717) is 35.4 Å². The first-order chi connectivity index (χ1) is 11.8. The fraction of sp³-hybridized carbons (Fsp3) is 0.278. The minimum atomic E-state index is -4.74. The molecule has 1 aliphatic rings. The molecule has 0 aliphatic carbocycles. The SMILES string of the molecule is COc1cc2c(c(-c3ccc(OC(F)(F)F)cc3)c1)C(=O)N(C)CC2. The topological polar surface area (TPSA) is 38.8 Å². The lowest BCUT2D eigenvalue weighted by Crippen LogP contribution is -2.34. The van der Waals surface area contributed by atoms with Gasteiger partial charge >= 0.3 is 6.36 Å². The van der Waals surface area contributed by atoms with Crippen LogP contribution in [0.1, 0.15) is 15.9 Å². The number of likely N-dealkylation sites (N-methyl/N-ethyl adjacent to an activating group) is 1. The van der Waals surface area contributed by atoms with Crippen molar-refractivity contribution in [1.29, 1.82) is 0 Å². The second-order valence-corrected chi connectivity index (χ2v) is 5.76. The largest absolute Gasteiger partial charge is 0.573 e. The van der Waals surface area contributed by atoms with Crippen LogP contribution in [-0.4, -0.2) is 37.9 Å². The van der Waals surface area contributed by atoms with Gasteiger partial charge in [0.15, 0.2) is 0 Å². The molecule has 1 heterocycles. The lowest BCUT2D eigenvalue weighted by Gasteiger charge is -2.27. The number of fused-ring (bicyclic) bond motifs is 1. The summed E-state index contributed by atoms with van der Waals surface area (Å²) in [5.74, 6) is 0.174. The zero-order chi connectivity index (χ0) is 18.2. The monoisotopic (exact) mass is 351 g/mol. The van der Waals surface area contributed by atoms with Crippen molar-refractivity contribution in [1.82, 2.24) is 4.90 Å². The number of amides is 1. The molecule has 0 radical (unpaired) electrons. The zero-order valence-electron chi connectivity index (χ0n) is 13.7. The maximum Gasteiger partial charge on any atom is 0.573 e. The average Bonchev–Trinajstić information content (AvgIpc) is 2.56. The summed E-state index contributed by atoms with van der Waals surface area (Å²) in [5.41, 5.74) is 2.67. The summed E-state index contributed by atoms with van der Waals surface area (Å²) in [6, 6.07) is 8.99. The van der Waals surface area contributed by atoms with E-state index in [2.05, 4.69) is 4.74 Å². The number of methoxy groups -OCH3 is 1. The fourth-order valence-corrected chi connectivity index (χ4v) is 2.88. The molecule has 0 atom stereocenters. The molecule has 132 valence electrons. The van der Waals surface area contributed by atoms with Crippen molar-refractivity contribution in [2.45, 2.75) is 12.8 Å². The van der Waals surface area contributed by atoms with E-state index in [4.69, 9.17) is 4.74 Å². The third-order valence-corrected chi connectivity index (χ3v) is 4.11. The zero-order valence-corrected chi connectivity index (χ0v) is 13.7. The van der Waals surface area contributed by atoms with Crippen LogP contribution in [0, 0.1) is 0 Å². The van der Waals surface area contributed by atoms with Crippen LogP contribution in [0.15, 0.2) is 36.4 Å². The van der Waals surface area contributed by atoms with Crippen LogP contribution in [0.25, 0.3) is 11.1 Å². The summed E-state index contributed by atoms with van der Waals surface area (Å²) in [5, 5.41) is 0. The van der Waals surface area contributed by atoms with E-state index >= 15 is 0 Å². The van der Waals surface area contributed by atoms with E-state index in [-0.39, 0.29) is 11.7 Å². The first-order valence-corrected chi connectivity index (χ1v) is 7.61. The predicted molar refractivity (Wildman–Crippen MR) is 85.8 cm³/mol. The van der Waals surface area contributed by atoms with Crippen LogP contribution in [0.5, 0.6) is 11.5 Å². The Morgan fingerprint density at radius 3 is 2.36 bits per heavy atom. The van der Waals surface area contributed by atoms with Crippen molar-refractivity contribution in [3.63, 3.8) is 0 Å². The highest BCUT2D eigenvalue weighted by molar-refractivity contribution is 6.03. The maximum atomic E-state index is 12.6. The Bertz CT molecular complexity index is 800. The number of benzene rings is 2. The minimum Gasteiger partial charge on any atom is -0.497 e. The number of rotatable bonds is 3. The van der Waals surface area contributed by atoms with Crippen LogP contribution < -0.4 is 9.47 Å². The van der Waals surface area contributed by atoms with Crippen molar-refractivity contribution in [2.75, 3.05) is 20.7 Å². The Labute approximate surface area is 142 Å². The highest BCUT2D eigenvalue weighted by atomic mass is 19.4. The number of alkyl halides is 3. The molecule has 2 aromatic rings. The van der Waals surface area contributed by atoms with Gasteiger partial charge in [-0.2, -0.15) is 0 Å². The van der Waals surface area contributed by atoms with Gasteiger partial charge in [0.25, 0.3) is 5.91 Å². The number of carbonyl (C=O) groups is 1. The second kappa shape index (κ2) is 6.31. The Morgan fingerprint density at radius 1 is 1.08 bits per heavy atom. The summed E-state index contributed by atoms with van der Waals surface area (Å²) in [6.07, 6.45) is -4.05. The summed E-state index contributed by atoms with van der Waals surface area (Å²) < 4.78 is 46.1. The van der Waals surface area contributed by atoms with Gasteiger partial charge in [0.2, 0.25) is 0 Å². The number of hydrogen-bond acceptors (Lipinski definition) is 3. The van der Waals surface area contributed by atoms with Gasteiger partial charge in [0.1, 0.15) is 11.5 Å². The molecule has 0 aromatic heterocycles. The number of hydrogen-bond donors (Lipinski definition) is 0. The van der Waals surface area contributed by atoms with Gasteiger partial charge in [-0.25, -0.2) is 0 Å². The molecule has 0 saturated carbocycles. The quantitative estimate of drug-likeness (QED) is 0.842. The highest BCUT2D eigenvalue weighted by Gasteiger charge is 2.31. The van der Waals surface area contributed by atoms with Gasteiger partial charge in [0, 0.05) is 13.6 Å². The van der Waals surface area contributed by atoms with E-state index in [1.165, 1.54) is 31.4 Å². The Balaban J connectivity index is 2.06. The first kappa shape index (κ1) is 17.1. The lowest BCUT2D eigenvalue weighted by atomic mass is 9.90. The van der Waals surface area contributed by atoms with Gasteiger partial charge in [-0.3, -0.25) is 4.79 Å². The van der Waals surface area contributed by atoms with Gasteiger partial charge in [0.05, 0.1) is 12.7 Å². The van der Waals surface area contributed by atoms with Crippen LogP contribution in [0.4, 0.5) is 13.2 Å². The van der Waals surface area contributed by atoms with Crippen molar-refractivity contribution in [3.05, 3.63) is 47.5 Å². The summed E-state index contributed by atoms with van der Waals surface area (Å²) in [6.45, 7) is 0.608. The summed E-state index contributed by atoms with van der Waals surface area (Å²) in [7, 11) is 3.25. The lowest BCUT2D eigenvalue weighted by molar-refractivity contribution is -0.274. The van der Waals surface area contributed by atoms with Crippen molar-refractivity contribution in [3.8, 4) is 22.6 Å². The number of nitrogens with zero attached hydrogens (tertiary/aromatic N) is 1. The van der Waals surface area contributed by atoms with Crippen molar-refractivity contribution < 1.29 is 27.4 Å². The molecule has 0 N–H and O–H groups in total. The second-order valence-electron chi connectivity index (χ2n) is 5.76. The average molecular weight is 351 g/mol. The molecule has 3 rings (SSSR count). The van der Waals surface area contributed by atoms with Crippen LogP contribution >= 0.6 is 0 Å². The number of halogens is 3. The van der Waals surface area contributed by atoms with Crippen LogP contribution in [0.3, 0.4) is 0 Å². The fourth-order valence-electron chi connectivity index (χ4n) is 2.88. The smallest absolute Gasteiger partial charge is 0.497 e. The molecular weight excluding hydrogens is 335 g/mol. The van der Waals surface area contributed by atoms with E-state index < -0.39 is 6.36 Å². The molecule has 2 aromatic carbocycles. The molecule has 0 saturated heterocycles. The Kier molecular flexibility index (Phi) is 4.32. The molecule has 0 spiro atoms. The van der Waals surface area contributed by atoms with Gasteiger partial charge in [-0.1, -0.05) is 12.1 Å². The Morgan fingerprint density at radius 2 is 1.76 bits per heavy atom. The molecule has 0 fully saturated rings. The van der Waals surface area contributed by atoms with Crippen molar-refractivity contribution >= 4 is 5.91 Å². The molecule has 4 nitrogen and oxygen atoms in total. The van der Waals surface area contributed by atoms with Gasteiger partial charge in [-0.15, -0.1) is 13.2 Å². The summed E-state index contributed by atoms with van der Waals surface area (Å²) >= 11 is 0. The standard InChI is InChI=1S/C18H16F3NO3/c1-22-8-7-12-9-14(24-2)10-15(16(12)17(22)23)11-3-5-13(6-4-11)25-18(19,20)21/h3-6,9-10H,7-8H2,1-2H3. The van der Waals surface area contributed by atoms with Crippen molar-refractivity contribution in [2.24, 2.45) is 0 Å². The van der Waals surface area contributed by atoms with E-state index in [1.54, 1.807) is 18.0 Å². The minimum absolute atomic E-state index is 0.116. The van der Waals surface area contributed by atoms with Gasteiger partial charge in [-0.05, 0) is 47.4 Å². The molecule has 0 bridgehead atoms. The molecule has 25 heavy (non-hydrogen) atoms. The van der Waals surface area contributed by atoms with E-state index in [0.717, 1.165) is 5.56 Å². The molecule has 7 heteroatoms. The molecule has 1 aliphatic heterocycles. The molecule has 0 unspecified atom stereocenters. The predicted octanol–water partition coefficient (Wildman–Crippen LogP) is 3.89. The summed E-state index contributed by atoms with van der Waals surface area (Å²) in [4.78, 5) is 14.2. The normalized spacial score (nSPS) is 14.3. The third-order valence-electron chi connectivity index (χ3n) is 4.11. The van der Waals surface area contributed by atoms with E-state index in [9.17, 15) is 18.0 Å². The van der Waals surface area contributed by atoms with Crippen LogP contribution in [0.2, 0.25) is 0 Å².